The number of hydrogen-bond donors (Lipinski definition) is 3. The molecule has 3 N–H and O–H groups in total. The maximum atomic E-state index is 15.8. The average molecular weight is 653 g/mol. The number of nitriles is 1. The van der Waals surface area contributed by atoms with E-state index in [-0.39, 0.29) is 42.9 Å². The molecule has 10 nitrogen and oxygen atoms in total. The number of ether oxygens (including phenoxy) is 1. The number of terminal acetylenes is 2. The molecule has 1 aromatic rings. The van der Waals surface area contributed by atoms with Crippen LogP contribution in [0.2, 0.25) is 0 Å². The van der Waals surface area contributed by atoms with E-state index in [1.807, 2.05) is 42.7 Å². The topological polar surface area (TPSA) is 138 Å². The number of halogens is 1. The van der Waals surface area contributed by atoms with Gasteiger partial charge in [-0.05, 0) is 62.8 Å². The second-order valence-corrected chi connectivity index (χ2v) is 10.1. The predicted octanol–water partition coefficient (Wildman–Crippen LogP) is 5.47. The standard InChI is InChI=1S/C30H38FN3O5.C2H3N.C2H2O.C2H6/c1-5-7-26(31)29(30(39-4)27(18-21(3)36)34(24-10-11-24)17-14-28(37)38)33-15-12-22-8-9-25(32(6-2)20-35)19-23(22)13-16-33;2*1-2-3;1-2/h1,8-9,14,17,19,24,35H,6-7,10-13,15-16,18,20H2,2-4H3,(H,37,38);1H3;1,3H;1-2H3/b17-14+,29-26-,30-27-;;;. The van der Waals surface area contributed by atoms with Crippen molar-refractivity contribution in [3.63, 3.8) is 0 Å². The van der Waals surface area contributed by atoms with Crippen molar-refractivity contribution in [2.24, 2.45) is 0 Å². The summed E-state index contributed by atoms with van der Waals surface area (Å²) in [5.41, 5.74) is 3.79. The number of methoxy groups -OCH3 is 1. The number of fused-ring (bicyclic) bond motifs is 1. The van der Waals surface area contributed by atoms with Crippen molar-refractivity contribution in [1.29, 1.82) is 5.26 Å². The summed E-state index contributed by atoms with van der Waals surface area (Å²) in [5, 5.41) is 33.4. The highest BCUT2D eigenvalue weighted by atomic mass is 19.1. The quantitative estimate of drug-likeness (QED) is 0.0827. The van der Waals surface area contributed by atoms with Gasteiger partial charge in [0.1, 0.15) is 30.1 Å². The molecule has 11 heteroatoms. The van der Waals surface area contributed by atoms with Crippen LogP contribution in [0.3, 0.4) is 0 Å². The van der Waals surface area contributed by atoms with Crippen LogP contribution in [0, 0.1) is 36.2 Å². The van der Waals surface area contributed by atoms with Gasteiger partial charge in [0.05, 0.1) is 31.7 Å². The summed E-state index contributed by atoms with van der Waals surface area (Å²) in [6, 6.07) is 7.85. The van der Waals surface area contributed by atoms with Gasteiger partial charge < -0.3 is 34.8 Å². The maximum Gasteiger partial charge on any atom is 0.329 e. The number of benzene rings is 1. The van der Waals surface area contributed by atoms with Crippen LogP contribution >= 0.6 is 0 Å². The van der Waals surface area contributed by atoms with E-state index >= 15 is 4.39 Å². The van der Waals surface area contributed by atoms with Crippen LogP contribution < -0.4 is 4.90 Å². The molecule has 0 unspecified atom stereocenters. The van der Waals surface area contributed by atoms with Crippen molar-refractivity contribution in [3.05, 3.63) is 64.6 Å². The number of hydrogen-bond acceptors (Lipinski definition) is 9. The Balaban J connectivity index is 0.00000241. The number of carboxylic acids is 1. The van der Waals surface area contributed by atoms with E-state index < -0.39 is 11.8 Å². The number of rotatable bonds is 13. The monoisotopic (exact) mass is 652 g/mol. The van der Waals surface area contributed by atoms with Gasteiger partial charge in [0, 0.05) is 50.6 Å². The molecule has 0 saturated heterocycles. The molecule has 0 atom stereocenters. The number of aliphatic hydroxyl groups excluding tert-OH is 2. The zero-order valence-corrected chi connectivity index (χ0v) is 28.4. The summed E-state index contributed by atoms with van der Waals surface area (Å²) < 4.78 is 21.7. The third-order valence-corrected chi connectivity index (χ3v) is 6.97. The Morgan fingerprint density at radius 1 is 1.19 bits per heavy atom. The second-order valence-electron chi connectivity index (χ2n) is 10.1. The normalized spacial score (nSPS) is 14.1. The molecule has 1 aromatic carbocycles. The van der Waals surface area contributed by atoms with Crippen molar-refractivity contribution in [2.45, 2.75) is 79.2 Å². The summed E-state index contributed by atoms with van der Waals surface area (Å²) in [6.45, 7) is 10.4. The fourth-order valence-electron chi connectivity index (χ4n) is 4.91. The van der Waals surface area contributed by atoms with E-state index in [4.69, 9.17) is 21.5 Å². The number of aliphatic carboxylic acids is 1. The lowest BCUT2D eigenvalue weighted by atomic mass is 10.0. The first kappa shape index (κ1) is 42.1. The molecule has 1 aliphatic carbocycles. The summed E-state index contributed by atoms with van der Waals surface area (Å²) >= 11 is 0. The van der Waals surface area contributed by atoms with Crippen LogP contribution in [0.25, 0.3) is 0 Å². The third-order valence-electron chi connectivity index (χ3n) is 6.97. The van der Waals surface area contributed by atoms with Crippen molar-refractivity contribution >= 4 is 17.4 Å². The Hall–Kier alpha value is -4.92. The zero-order valence-electron chi connectivity index (χ0n) is 28.4. The fourth-order valence-corrected chi connectivity index (χ4v) is 4.91. The Labute approximate surface area is 279 Å². The van der Waals surface area contributed by atoms with Crippen LogP contribution in [0.1, 0.15) is 71.4 Å². The number of nitrogens with zero attached hydrogens (tertiary/aromatic N) is 4. The molecule has 47 heavy (non-hydrogen) atoms. The van der Waals surface area contributed by atoms with Crippen molar-refractivity contribution in [3.8, 4) is 30.9 Å². The number of allylic oxidation sites excluding steroid dienone is 2. The summed E-state index contributed by atoms with van der Waals surface area (Å²) in [4.78, 5) is 29.2. The molecule has 0 aromatic heterocycles. The van der Waals surface area contributed by atoms with Gasteiger partial charge in [-0.1, -0.05) is 32.3 Å². The molecule has 1 aliphatic heterocycles. The first-order valence-corrected chi connectivity index (χ1v) is 15.5. The van der Waals surface area contributed by atoms with Crippen LogP contribution in [-0.4, -0.2) is 76.4 Å². The molecule has 1 heterocycles. The van der Waals surface area contributed by atoms with Gasteiger partial charge in [0.2, 0.25) is 0 Å². The second kappa shape index (κ2) is 23.4. The van der Waals surface area contributed by atoms with Gasteiger partial charge in [-0.2, -0.15) is 5.26 Å². The SMILES string of the molecule is C#CC/C(F)=C(\C(OC)=C(/CC(C)=O)N(/C=C/C(=O)O)C1CC1)N1CCc2ccc(N(CC)CO)cc2CC1.C#CO.CC.CC#N. The van der Waals surface area contributed by atoms with Gasteiger partial charge in [-0.15, -0.1) is 6.42 Å². The van der Waals surface area contributed by atoms with Gasteiger partial charge in [0.25, 0.3) is 0 Å². The molecular weight excluding hydrogens is 603 g/mol. The number of ketones is 1. The molecule has 1 saturated carbocycles. The zero-order chi connectivity index (χ0) is 35.9. The van der Waals surface area contributed by atoms with E-state index in [1.54, 1.807) is 11.0 Å². The van der Waals surface area contributed by atoms with E-state index in [1.165, 1.54) is 33.3 Å². The molecular formula is C36H49FN4O6. The Morgan fingerprint density at radius 2 is 1.77 bits per heavy atom. The number of aliphatic hydroxyl groups is 2. The lowest BCUT2D eigenvalue weighted by Gasteiger charge is -2.32. The predicted molar refractivity (Wildman–Crippen MR) is 181 cm³/mol. The number of carbonyl (C=O) groups is 2. The van der Waals surface area contributed by atoms with Crippen molar-refractivity contribution in [1.82, 2.24) is 9.80 Å². The van der Waals surface area contributed by atoms with Crippen molar-refractivity contribution < 1.29 is 34.0 Å². The lowest BCUT2D eigenvalue weighted by Crippen LogP contribution is -2.31. The fraction of sp³-hybridized carbons (Fsp3) is 0.472. The Bertz CT molecular complexity index is 1360. The van der Waals surface area contributed by atoms with E-state index in [2.05, 4.69) is 18.4 Å². The minimum Gasteiger partial charge on any atom is -0.493 e. The molecule has 0 radical (unpaired) electrons. The maximum absolute atomic E-state index is 15.8. The van der Waals surface area contributed by atoms with Gasteiger partial charge in [-0.25, -0.2) is 9.18 Å². The summed E-state index contributed by atoms with van der Waals surface area (Å²) in [6.07, 6.45) is 16.0. The Kier molecular flexibility index (Phi) is 21.0. The molecule has 0 bridgehead atoms. The van der Waals surface area contributed by atoms with Crippen LogP contribution in [0.4, 0.5) is 10.1 Å². The molecule has 0 spiro atoms. The van der Waals surface area contributed by atoms with Gasteiger partial charge in [-0.3, -0.25) is 4.79 Å². The first-order chi connectivity index (χ1) is 22.6. The van der Waals surface area contributed by atoms with E-state index in [0.717, 1.165) is 35.7 Å². The van der Waals surface area contributed by atoms with E-state index in [0.29, 0.717) is 38.2 Å². The highest BCUT2D eigenvalue weighted by Gasteiger charge is 2.34. The first-order valence-electron chi connectivity index (χ1n) is 15.5. The van der Waals surface area contributed by atoms with Crippen LogP contribution in [0.15, 0.2) is 53.5 Å². The number of Topliss-reactive ketones (excluding diaryl/α,β-unsaturated/α-hetero) is 1. The smallest absolute Gasteiger partial charge is 0.329 e. The molecule has 256 valence electrons. The highest BCUT2D eigenvalue weighted by molar-refractivity contribution is 5.80. The molecule has 2 aliphatic rings. The van der Waals surface area contributed by atoms with Crippen molar-refractivity contribution in [2.75, 3.05) is 38.4 Å². The van der Waals surface area contributed by atoms with Crippen LogP contribution in [-0.2, 0) is 27.2 Å². The molecule has 0 amide bonds. The number of anilines is 1. The summed E-state index contributed by atoms with van der Waals surface area (Å²) in [5.74, 6) is 0.734. The van der Waals surface area contributed by atoms with Gasteiger partial charge in [0.15, 0.2) is 5.76 Å². The van der Waals surface area contributed by atoms with Gasteiger partial charge >= 0.3 is 5.97 Å². The lowest BCUT2D eigenvalue weighted by molar-refractivity contribution is -0.131. The minimum absolute atomic E-state index is 0.00288. The largest absolute Gasteiger partial charge is 0.493 e. The average Bonchev–Trinajstić information content (AvgIpc) is 3.90. The summed E-state index contributed by atoms with van der Waals surface area (Å²) in [7, 11) is 1.43. The molecule has 3 rings (SSSR count). The van der Waals surface area contributed by atoms with E-state index in [9.17, 15) is 19.8 Å². The number of carboxylic acid groups (broad SMARTS) is 1. The number of carbonyl (C=O) groups excluding carboxylic acids is 1. The molecule has 1 fully saturated rings. The van der Waals surface area contributed by atoms with Crippen LogP contribution in [0.5, 0.6) is 0 Å². The highest BCUT2D eigenvalue weighted by Crippen LogP contribution is 2.37. The third kappa shape index (κ3) is 13.9. The minimum atomic E-state index is -1.12. The Morgan fingerprint density at radius 3 is 2.21 bits per heavy atom.